The van der Waals surface area contributed by atoms with E-state index in [-0.39, 0.29) is 0 Å². The van der Waals surface area contributed by atoms with E-state index in [2.05, 4.69) is 42.4 Å². The topological polar surface area (TPSA) is 9.72 Å². The summed E-state index contributed by atoms with van der Waals surface area (Å²) in [5, 5.41) is 0. The minimum atomic E-state index is 0.735. The molecule has 3 nitrogen and oxygen atoms in total. The normalized spacial score (nSPS) is 27.6. The SMILES string of the molecule is CCCN1CCN(CCC2CCN(C(C)C)CC2)C[C@H]1C. The fourth-order valence-corrected chi connectivity index (χ4v) is 4.02. The van der Waals surface area contributed by atoms with Gasteiger partial charge in [0, 0.05) is 31.7 Å². The lowest BCUT2D eigenvalue weighted by Crippen LogP contribution is -2.52. The highest BCUT2D eigenvalue weighted by atomic mass is 15.3. The monoisotopic (exact) mass is 295 g/mol. The summed E-state index contributed by atoms with van der Waals surface area (Å²) in [4.78, 5) is 8.02. The number of hydrogen-bond acceptors (Lipinski definition) is 3. The summed E-state index contributed by atoms with van der Waals surface area (Å²) in [6.45, 7) is 18.5. The van der Waals surface area contributed by atoms with Crippen LogP contribution in [0.2, 0.25) is 0 Å². The zero-order valence-corrected chi connectivity index (χ0v) is 14.9. The molecule has 2 fully saturated rings. The first-order chi connectivity index (χ1) is 10.1. The van der Waals surface area contributed by atoms with Crippen LogP contribution in [-0.2, 0) is 0 Å². The Labute approximate surface area is 132 Å². The minimum absolute atomic E-state index is 0.735. The second kappa shape index (κ2) is 8.50. The van der Waals surface area contributed by atoms with E-state index in [0.29, 0.717) is 0 Å². The number of rotatable bonds is 6. The second-order valence-electron chi connectivity index (χ2n) is 7.55. The predicted octanol–water partition coefficient (Wildman–Crippen LogP) is 2.91. The van der Waals surface area contributed by atoms with Crippen molar-refractivity contribution in [1.29, 1.82) is 0 Å². The van der Waals surface area contributed by atoms with Crippen LogP contribution >= 0.6 is 0 Å². The van der Waals surface area contributed by atoms with Crippen molar-refractivity contribution in [3.8, 4) is 0 Å². The van der Waals surface area contributed by atoms with Crippen molar-refractivity contribution in [3.63, 3.8) is 0 Å². The first kappa shape index (κ1) is 17.2. The quantitative estimate of drug-likeness (QED) is 0.746. The smallest absolute Gasteiger partial charge is 0.0195 e. The summed E-state index contributed by atoms with van der Waals surface area (Å²) in [6.07, 6.45) is 5.55. The van der Waals surface area contributed by atoms with Gasteiger partial charge in [-0.3, -0.25) is 4.90 Å². The third-order valence-electron chi connectivity index (χ3n) is 5.59. The van der Waals surface area contributed by atoms with Crippen LogP contribution in [0.4, 0.5) is 0 Å². The summed E-state index contributed by atoms with van der Waals surface area (Å²) in [5.41, 5.74) is 0. The molecule has 0 aromatic carbocycles. The van der Waals surface area contributed by atoms with Gasteiger partial charge in [0.25, 0.3) is 0 Å². The van der Waals surface area contributed by atoms with Crippen molar-refractivity contribution < 1.29 is 0 Å². The van der Waals surface area contributed by atoms with E-state index in [4.69, 9.17) is 0 Å². The van der Waals surface area contributed by atoms with Crippen molar-refractivity contribution in [2.24, 2.45) is 5.92 Å². The number of nitrogens with zero attached hydrogens (tertiary/aromatic N) is 3. The van der Waals surface area contributed by atoms with Crippen LogP contribution in [0.25, 0.3) is 0 Å². The van der Waals surface area contributed by atoms with Gasteiger partial charge >= 0.3 is 0 Å². The highest BCUT2D eigenvalue weighted by molar-refractivity contribution is 4.80. The second-order valence-corrected chi connectivity index (χ2v) is 7.55. The van der Waals surface area contributed by atoms with Crippen LogP contribution in [0.5, 0.6) is 0 Å². The molecule has 2 heterocycles. The Hall–Kier alpha value is -0.120. The van der Waals surface area contributed by atoms with Gasteiger partial charge in [0.05, 0.1) is 0 Å². The van der Waals surface area contributed by atoms with E-state index in [1.165, 1.54) is 71.5 Å². The molecule has 2 aliphatic rings. The molecule has 3 heteroatoms. The van der Waals surface area contributed by atoms with Gasteiger partial charge in [0.2, 0.25) is 0 Å². The summed E-state index contributed by atoms with van der Waals surface area (Å²) in [7, 11) is 0. The molecular weight excluding hydrogens is 258 g/mol. The van der Waals surface area contributed by atoms with Crippen LogP contribution in [0.15, 0.2) is 0 Å². The van der Waals surface area contributed by atoms with Gasteiger partial charge in [-0.2, -0.15) is 0 Å². The summed E-state index contributed by atoms with van der Waals surface area (Å²) in [5.74, 6) is 0.976. The molecule has 2 saturated heterocycles. The van der Waals surface area contributed by atoms with Crippen molar-refractivity contribution in [1.82, 2.24) is 14.7 Å². The number of likely N-dealkylation sites (tertiary alicyclic amines) is 1. The largest absolute Gasteiger partial charge is 0.301 e. The van der Waals surface area contributed by atoms with Crippen molar-refractivity contribution in [2.45, 2.75) is 65.5 Å². The van der Waals surface area contributed by atoms with E-state index >= 15 is 0 Å². The molecule has 0 N–H and O–H groups in total. The highest BCUT2D eigenvalue weighted by Crippen LogP contribution is 2.22. The molecule has 0 spiro atoms. The number of hydrogen-bond donors (Lipinski definition) is 0. The molecule has 0 aliphatic carbocycles. The van der Waals surface area contributed by atoms with Gasteiger partial charge in [0.15, 0.2) is 0 Å². The maximum absolute atomic E-state index is 2.71. The fraction of sp³-hybridized carbons (Fsp3) is 1.00. The predicted molar refractivity (Wildman–Crippen MR) is 91.8 cm³/mol. The van der Waals surface area contributed by atoms with E-state index in [1.54, 1.807) is 0 Å². The lowest BCUT2D eigenvalue weighted by Gasteiger charge is -2.41. The molecule has 0 bridgehead atoms. The third kappa shape index (κ3) is 5.22. The number of piperidine rings is 1. The van der Waals surface area contributed by atoms with Crippen molar-refractivity contribution in [2.75, 3.05) is 45.8 Å². The molecule has 0 saturated carbocycles. The summed E-state index contributed by atoms with van der Waals surface area (Å²) >= 11 is 0. The van der Waals surface area contributed by atoms with E-state index in [0.717, 1.165) is 18.0 Å². The fourth-order valence-electron chi connectivity index (χ4n) is 4.02. The van der Waals surface area contributed by atoms with Crippen LogP contribution in [-0.4, -0.2) is 72.6 Å². The zero-order chi connectivity index (χ0) is 15.2. The van der Waals surface area contributed by atoms with Gasteiger partial charge < -0.3 is 9.80 Å². The molecule has 2 rings (SSSR count). The molecular formula is C18H37N3. The molecule has 0 aromatic rings. The lowest BCUT2D eigenvalue weighted by molar-refractivity contribution is 0.0739. The summed E-state index contributed by atoms with van der Waals surface area (Å²) in [6, 6.07) is 1.49. The molecule has 0 radical (unpaired) electrons. The third-order valence-corrected chi connectivity index (χ3v) is 5.59. The molecule has 2 aliphatic heterocycles. The minimum Gasteiger partial charge on any atom is -0.301 e. The highest BCUT2D eigenvalue weighted by Gasteiger charge is 2.25. The van der Waals surface area contributed by atoms with Gasteiger partial charge in [-0.1, -0.05) is 6.92 Å². The van der Waals surface area contributed by atoms with Crippen LogP contribution in [0, 0.1) is 5.92 Å². The maximum Gasteiger partial charge on any atom is 0.0195 e. The number of piperazine rings is 1. The average Bonchev–Trinajstić information content (AvgIpc) is 2.48. The Kier molecular flexibility index (Phi) is 6.97. The Bertz CT molecular complexity index is 284. The Morgan fingerprint density at radius 2 is 1.71 bits per heavy atom. The molecule has 0 amide bonds. The van der Waals surface area contributed by atoms with E-state index < -0.39 is 0 Å². The Balaban J connectivity index is 1.64. The standard InChI is InChI=1S/C18H37N3/c1-5-9-21-14-13-19(15-17(21)4)10-6-18-7-11-20(12-8-18)16(2)3/h16-18H,5-15H2,1-4H3/t17-/m1/s1. The Morgan fingerprint density at radius 3 is 2.29 bits per heavy atom. The van der Waals surface area contributed by atoms with Gasteiger partial charge in [0.1, 0.15) is 0 Å². The molecule has 1 atom stereocenters. The van der Waals surface area contributed by atoms with Gasteiger partial charge in [-0.25, -0.2) is 0 Å². The van der Waals surface area contributed by atoms with Crippen molar-refractivity contribution in [3.05, 3.63) is 0 Å². The molecule has 124 valence electrons. The maximum atomic E-state index is 2.71. The van der Waals surface area contributed by atoms with E-state index in [1.807, 2.05) is 0 Å². The average molecular weight is 296 g/mol. The van der Waals surface area contributed by atoms with Crippen LogP contribution in [0.1, 0.15) is 53.4 Å². The van der Waals surface area contributed by atoms with Gasteiger partial charge in [-0.15, -0.1) is 0 Å². The molecule has 0 unspecified atom stereocenters. The first-order valence-electron chi connectivity index (χ1n) is 9.30. The molecule has 21 heavy (non-hydrogen) atoms. The lowest BCUT2D eigenvalue weighted by atomic mass is 9.92. The van der Waals surface area contributed by atoms with Crippen LogP contribution in [0.3, 0.4) is 0 Å². The first-order valence-corrected chi connectivity index (χ1v) is 9.30. The molecule has 0 aromatic heterocycles. The van der Waals surface area contributed by atoms with E-state index in [9.17, 15) is 0 Å². The van der Waals surface area contributed by atoms with Gasteiger partial charge in [-0.05, 0) is 78.6 Å². The van der Waals surface area contributed by atoms with Crippen molar-refractivity contribution >= 4 is 0 Å². The Morgan fingerprint density at radius 1 is 1.00 bits per heavy atom. The zero-order valence-electron chi connectivity index (χ0n) is 14.9. The summed E-state index contributed by atoms with van der Waals surface area (Å²) < 4.78 is 0. The van der Waals surface area contributed by atoms with Crippen LogP contribution < -0.4 is 0 Å².